The monoisotopic (exact) mass is 389 g/mol. The van der Waals surface area contributed by atoms with Crippen molar-refractivity contribution in [1.29, 1.82) is 0 Å². The number of carbonyl (C=O) groups is 2. The molecule has 3 rings (SSSR count). The highest BCUT2D eigenvalue weighted by Crippen LogP contribution is 2.31. The number of hydrogen-bond donors (Lipinski definition) is 0. The SMILES string of the molecule is CCCCCCCCS(=O)(=O)ON1C(=O)c2ccc3ccccc3c2C1=O. The summed E-state index contributed by atoms with van der Waals surface area (Å²) in [6.45, 7) is 2.11. The molecule has 144 valence electrons. The standard InChI is InChI=1S/C20H23NO5S/c1-2-3-4-5-6-9-14-27(24,25)26-21-19(22)17-13-12-15-10-7-8-11-16(15)18(17)20(21)23/h7-8,10-13H,2-6,9,14H2,1H3. The van der Waals surface area contributed by atoms with Crippen LogP contribution in [0.4, 0.5) is 0 Å². The highest BCUT2D eigenvalue weighted by Gasteiger charge is 2.40. The number of rotatable bonds is 9. The fourth-order valence-corrected chi connectivity index (χ4v) is 4.26. The zero-order valence-electron chi connectivity index (χ0n) is 15.3. The Balaban J connectivity index is 1.70. The van der Waals surface area contributed by atoms with Crippen LogP contribution in [0.3, 0.4) is 0 Å². The van der Waals surface area contributed by atoms with Crippen LogP contribution in [0.5, 0.6) is 0 Å². The Morgan fingerprint density at radius 1 is 0.889 bits per heavy atom. The quantitative estimate of drug-likeness (QED) is 0.477. The predicted octanol–water partition coefficient (Wildman–Crippen LogP) is 4.06. The first kappa shape index (κ1) is 19.5. The maximum atomic E-state index is 12.7. The van der Waals surface area contributed by atoms with Crippen LogP contribution in [-0.4, -0.2) is 31.0 Å². The number of nitrogens with zero attached hydrogens (tertiary/aromatic N) is 1. The maximum Gasteiger partial charge on any atom is 0.288 e. The Morgan fingerprint density at radius 2 is 1.59 bits per heavy atom. The molecule has 2 amide bonds. The van der Waals surface area contributed by atoms with Crippen LogP contribution in [-0.2, 0) is 14.4 Å². The molecule has 0 N–H and O–H groups in total. The molecule has 2 aromatic rings. The molecular weight excluding hydrogens is 366 g/mol. The lowest BCUT2D eigenvalue weighted by Gasteiger charge is -2.13. The Kier molecular flexibility index (Phi) is 5.92. The summed E-state index contributed by atoms with van der Waals surface area (Å²) in [7, 11) is -4.01. The Labute approximate surface area is 159 Å². The maximum absolute atomic E-state index is 12.7. The van der Waals surface area contributed by atoms with E-state index in [0.717, 1.165) is 37.5 Å². The first-order valence-electron chi connectivity index (χ1n) is 9.27. The van der Waals surface area contributed by atoms with Gasteiger partial charge in [0, 0.05) is 0 Å². The average Bonchev–Trinajstić information content (AvgIpc) is 2.89. The first-order chi connectivity index (χ1) is 12.9. The highest BCUT2D eigenvalue weighted by atomic mass is 32.2. The second-order valence-electron chi connectivity index (χ2n) is 6.72. The Hall–Kier alpha value is -2.25. The van der Waals surface area contributed by atoms with Crippen molar-refractivity contribution in [2.24, 2.45) is 0 Å². The minimum Gasteiger partial charge on any atom is -0.266 e. The van der Waals surface area contributed by atoms with Crippen LogP contribution in [0.2, 0.25) is 0 Å². The van der Waals surface area contributed by atoms with E-state index in [-0.39, 0.29) is 16.9 Å². The number of carbonyl (C=O) groups excluding carboxylic acids is 2. The summed E-state index contributed by atoms with van der Waals surface area (Å²) in [5.74, 6) is -1.70. The predicted molar refractivity (Wildman–Crippen MR) is 103 cm³/mol. The van der Waals surface area contributed by atoms with Crippen molar-refractivity contribution >= 4 is 32.7 Å². The number of hydrogen-bond acceptors (Lipinski definition) is 5. The Bertz CT molecular complexity index is 967. The topological polar surface area (TPSA) is 80.8 Å². The van der Waals surface area contributed by atoms with E-state index in [1.807, 2.05) is 12.1 Å². The average molecular weight is 389 g/mol. The molecule has 0 spiro atoms. The minimum atomic E-state index is -4.01. The molecule has 0 aromatic heterocycles. The van der Waals surface area contributed by atoms with Gasteiger partial charge < -0.3 is 0 Å². The second kappa shape index (κ2) is 8.19. The molecule has 0 fully saturated rings. The summed E-state index contributed by atoms with van der Waals surface area (Å²) in [5, 5.41) is 1.78. The van der Waals surface area contributed by atoms with Gasteiger partial charge in [0.25, 0.3) is 21.9 Å². The van der Waals surface area contributed by atoms with Crippen LogP contribution in [0, 0.1) is 0 Å². The normalized spacial score (nSPS) is 14.2. The smallest absolute Gasteiger partial charge is 0.266 e. The number of amides is 2. The van der Waals surface area contributed by atoms with Gasteiger partial charge in [-0.25, -0.2) is 0 Å². The van der Waals surface area contributed by atoms with Crippen molar-refractivity contribution < 1.29 is 22.3 Å². The summed E-state index contributed by atoms with van der Waals surface area (Å²) in [6, 6.07) is 10.4. The molecular formula is C20H23NO5S. The van der Waals surface area contributed by atoms with Crippen molar-refractivity contribution in [3.8, 4) is 0 Å². The van der Waals surface area contributed by atoms with Crippen LogP contribution < -0.4 is 0 Å². The molecule has 0 saturated heterocycles. The van der Waals surface area contributed by atoms with E-state index in [1.54, 1.807) is 18.2 Å². The second-order valence-corrected chi connectivity index (χ2v) is 8.39. The van der Waals surface area contributed by atoms with E-state index in [0.29, 0.717) is 16.9 Å². The minimum absolute atomic E-state index is 0.161. The lowest BCUT2D eigenvalue weighted by molar-refractivity contribution is -0.0103. The fourth-order valence-electron chi connectivity index (χ4n) is 3.26. The lowest BCUT2D eigenvalue weighted by atomic mass is 10.0. The van der Waals surface area contributed by atoms with Gasteiger partial charge in [-0.2, -0.15) is 8.42 Å². The molecule has 1 heterocycles. The summed E-state index contributed by atoms with van der Waals surface area (Å²) in [6.07, 6.45) is 5.50. The molecule has 7 heteroatoms. The summed E-state index contributed by atoms with van der Waals surface area (Å²) < 4.78 is 29.3. The third-order valence-electron chi connectivity index (χ3n) is 4.68. The third kappa shape index (κ3) is 4.20. The van der Waals surface area contributed by atoms with Crippen LogP contribution in [0.1, 0.15) is 66.2 Å². The van der Waals surface area contributed by atoms with Crippen LogP contribution in [0.25, 0.3) is 10.8 Å². The molecule has 0 atom stereocenters. The van der Waals surface area contributed by atoms with E-state index in [9.17, 15) is 18.0 Å². The largest absolute Gasteiger partial charge is 0.288 e. The van der Waals surface area contributed by atoms with Gasteiger partial charge in [-0.15, -0.1) is 9.35 Å². The fraction of sp³-hybridized carbons (Fsp3) is 0.400. The van der Waals surface area contributed by atoms with Crippen molar-refractivity contribution in [2.45, 2.75) is 45.4 Å². The number of fused-ring (bicyclic) bond motifs is 3. The molecule has 0 bridgehead atoms. The zero-order chi connectivity index (χ0) is 19.4. The molecule has 0 aliphatic carbocycles. The number of benzene rings is 2. The van der Waals surface area contributed by atoms with Crippen LogP contribution >= 0.6 is 0 Å². The van der Waals surface area contributed by atoms with Crippen LogP contribution in [0.15, 0.2) is 36.4 Å². The number of unbranched alkanes of at least 4 members (excludes halogenated alkanes) is 5. The van der Waals surface area contributed by atoms with Gasteiger partial charge in [0.1, 0.15) is 0 Å². The van der Waals surface area contributed by atoms with Gasteiger partial charge in [0.2, 0.25) is 0 Å². The van der Waals surface area contributed by atoms with Gasteiger partial charge >= 0.3 is 0 Å². The zero-order valence-corrected chi connectivity index (χ0v) is 16.1. The summed E-state index contributed by atoms with van der Waals surface area (Å²) >= 11 is 0. The molecule has 27 heavy (non-hydrogen) atoms. The van der Waals surface area contributed by atoms with Crippen molar-refractivity contribution in [2.75, 3.05) is 5.75 Å². The molecule has 0 radical (unpaired) electrons. The molecule has 1 aliphatic heterocycles. The van der Waals surface area contributed by atoms with Gasteiger partial charge in [0.05, 0.1) is 16.9 Å². The van der Waals surface area contributed by atoms with Gasteiger partial charge in [-0.05, 0) is 23.3 Å². The number of hydroxylamine groups is 2. The van der Waals surface area contributed by atoms with Crippen molar-refractivity contribution in [1.82, 2.24) is 5.06 Å². The van der Waals surface area contributed by atoms with Crippen molar-refractivity contribution in [3.63, 3.8) is 0 Å². The van der Waals surface area contributed by atoms with Crippen molar-refractivity contribution in [3.05, 3.63) is 47.5 Å². The lowest BCUT2D eigenvalue weighted by Crippen LogP contribution is -2.33. The third-order valence-corrected chi connectivity index (χ3v) is 5.84. The Morgan fingerprint density at radius 3 is 2.37 bits per heavy atom. The molecule has 0 saturated carbocycles. The molecule has 0 unspecified atom stereocenters. The first-order valence-corrected chi connectivity index (χ1v) is 10.8. The summed E-state index contributed by atoms with van der Waals surface area (Å²) in [5.41, 5.74) is 0.348. The van der Waals surface area contributed by atoms with E-state index >= 15 is 0 Å². The van der Waals surface area contributed by atoms with E-state index in [2.05, 4.69) is 6.92 Å². The molecule has 2 aromatic carbocycles. The number of imide groups is 1. The highest BCUT2D eigenvalue weighted by molar-refractivity contribution is 7.86. The van der Waals surface area contributed by atoms with E-state index in [4.69, 9.17) is 4.28 Å². The van der Waals surface area contributed by atoms with Gasteiger partial charge in [-0.3, -0.25) is 9.59 Å². The molecule has 6 nitrogen and oxygen atoms in total. The van der Waals surface area contributed by atoms with Gasteiger partial charge in [0.15, 0.2) is 0 Å². The summed E-state index contributed by atoms with van der Waals surface area (Å²) in [4.78, 5) is 25.2. The van der Waals surface area contributed by atoms with E-state index < -0.39 is 21.9 Å². The van der Waals surface area contributed by atoms with Gasteiger partial charge in [-0.1, -0.05) is 69.4 Å². The van der Waals surface area contributed by atoms with E-state index in [1.165, 1.54) is 6.07 Å². The molecule has 1 aliphatic rings.